The Kier molecular flexibility index (Phi) is 4.85. The van der Waals surface area contributed by atoms with Crippen molar-refractivity contribution in [3.05, 3.63) is 0 Å². The summed E-state index contributed by atoms with van der Waals surface area (Å²) in [7, 11) is 2.16. The van der Waals surface area contributed by atoms with Crippen LogP contribution < -0.4 is 5.73 Å². The standard InChI is InChI=1S/C11H24N2O/c1-9(6-7-12)13(3)8-11-5-4-10(2)14-11/h9-11H,4-8,12H2,1-3H3. The van der Waals surface area contributed by atoms with Gasteiger partial charge in [0.25, 0.3) is 0 Å². The van der Waals surface area contributed by atoms with Crippen LogP contribution in [0.25, 0.3) is 0 Å². The zero-order chi connectivity index (χ0) is 10.6. The molecule has 1 aliphatic heterocycles. The highest BCUT2D eigenvalue weighted by molar-refractivity contribution is 4.75. The van der Waals surface area contributed by atoms with E-state index in [9.17, 15) is 0 Å². The second kappa shape index (κ2) is 5.69. The number of ether oxygens (including phenoxy) is 1. The Balaban J connectivity index is 2.22. The fourth-order valence-electron chi connectivity index (χ4n) is 1.98. The smallest absolute Gasteiger partial charge is 0.0706 e. The van der Waals surface area contributed by atoms with Crippen molar-refractivity contribution < 1.29 is 4.74 Å². The molecule has 3 heteroatoms. The summed E-state index contributed by atoms with van der Waals surface area (Å²) in [6.07, 6.45) is 4.39. The van der Waals surface area contributed by atoms with Crippen molar-refractivity contribution in [2.24, 2.45) is 5.73 Å². The Morgan fingerprint density at radius 2 is 2.21 bits per heavy atom. The summed E-state index contributed by atoms with van der Waals surface area (Å²) < 4.78 is 5.79. The van der Waals surface area contributed by atoms with E-state index in [-0.39, 0.29) is 0 Å². The zero-order valence-electron chi connectivity index (χ0n) is 9.70. The Morgan fingerprint density at radius 3 is 2.71 bits per heavy atom. The van der Waals surface area contributed by atoms with E-state index in [2.05, 4.69) is 25.8 Å². The van der Waals surface area contributed by atoms with Gasteiger partial charge in [0, 0.05) is 12.6 Å². The highest BCUT2D eigenvalue weighted by atomic mass is 16.5. The molecule has 0 aromatic carbocycles. The minimum Gasteiger partial charge on any atom is -0.374 e. The molecule has 1 saturated heterocycles. The lowest BCUT2D eigenvalue weighted by Crippen LogP contribution is -2.37. The number of hydrogen-bond acceptors (Lipinski definition) is 3. The first-order valence-corrected chi connectivity index (χ1v) is 5.69. The first-order valence-electron chi connectivity index (χ1n) is 5.69. The SMILES string of the molecule is CC1CCC(CN(C)C(C)CCN)O1. The highest BCUT2D eigenvalue weighted by Gasteiger charge is 2.23. The van der Waals surface area contributed by atoms with Gasteiger partial charge in [-0.1, -0.05) is 0 Å². The van der Waals surface area contributed by atoms with Crippen LogP contribution >= 0.6 is 0 Å². The van der Waals surface area contributed by atoms with Gasteiger partial charge in [0.1, 0.15) is 0 Å². The van der Waals surface area contributed by atoms with Gasteiger partial charge in [-0.15, -0.1) is 0 Å². The molecule has 0 amide bonds. The van der Waals surface area contributed by atoms with Crippen LogP contribution in [0.15, 0.2) is 0 Å². The van der Waals surface area contributed by atoms with E-state index in [1.165, 1.54) is 12.8 Å². The summed E-state index contributed by atoms with van der Waals surface area (Å²) in [6.45, 7) is 6.20. The Labute approximate surface area is 87.6 Å². The predicted octanol–water partition coefficient (Wildman–Crippen LogP) is 1.22. The minimum absolute atomic E-state index is 0.440. The first kappa shape index (κ1) is 12.0. The molecular formula is C11H24N2O. The van der Waals surface area contributed by atoms with Crippen LogP contribution in [0.3, 0.4) is 0 Å². The van der Waals surface area contributed by atoms with Gasteiger partial charge in [-0.25, -0.2) is 0 Å². The van der Waals surface area contributed by atoms with Crippen molar-refractivity contribution in [1.29, 1.82) is 0 Å². The lowest BCUT2D eigenvalue weighted by Gasteiger charge is -2.26. The van der Waals surface area contributed by atoms with E-state index >= 15 is 0 Å². The summed E-state index contributed by atoms with van der Waals surface area (Å²) in [5, 5.41) is 0. The molecule has 1 fully saturated rings. The van der Waals surface area contributed by atoms with E-state index in [0.29, 0.717) is 18.2 Å². The van der Waals surface area contributed by atoms with Gasteiger partial charge < -0.3 is 15.4 Å². The normalized spacial score (nSPS) is 29.8. The van der Waals surface area contributed by atoms with Crippen molar-refractivity contribution in [3.8, 4) is 0 Å². The van der Waals surface area contributed by atoms with Crippen molar-refractivity contribution in [2.75, 3.05) is 20.1 Å². The van der Waals surface area contributed by atoms with E-state index in [1.807, 2.05) is 0 Å². The third-order valence-corrected chi connectivity index (χ3v) is 3.15. The number of nitrogens with two attached hydrogens (primary N) is 1. The Hall–Kier alpha value is -0.120. The second-order valence-corrected chi connectivity index (χ2v) is 4.51. The number of rotatable bonds is 5. The van der Waals surface area contributed by atoms with Crippen molar-refractivity contribution in [3.63, 3.8) is 0 Å². The van der Waals surface area contributed by atoms with Gasteiger partial charge in [0.15, 0.2) is 0 Å². The van der Waals surface area contributed by atoms with Gasteiger partial charge in [-0.2, -0.15) is 0 Å². The van der Waals surface area contributed by atoms with Crippen LogP contribution in [-0.2, 0) is 4.74 Å². The van der Waals surface area contributed by atoms with E-state index in [4.69, 9.17) is 10.5 Å². The molecule has 0 radical (unpaired) electrons. The fraction of sp³-hybridized carbons (Fsp3) is 1.00. The first-order chi connectivity index (χ1) is 6.63. The number of nitrogens with zero attached hydrogens (tertiary/aromatic N) is 1. The van der Waals surface area contributed by atoms with Crippen molar-refractivity contribution >= 4 is 0 Å². The maximum Gasteiger partial charge on any atom is 0.0706 e. The molecule has 0 aromatic rings. The molecule has 0 bridgehead atoms. The lowest BCUT2D eigenvalue weighted by molar-refractivity contribution is 0.0293. The van der Waals surface area contributed by atoms with Gasteiger partial charge in [0.2, 0.25) is 0 Å². The predicted molar refractivity (Wildman–Crippen MR) is 59.3 cm³/mol. The zero-order valence-corrected chi connectivity index (χ0v) is 9.70. The van der Waals surface area contributed by atoms with Crippen LogP contribution in [0.4, 0.5) is 0 Å². The molecule has 84 valence electrons. The van der Waals surface area contributed by atoms with Crippen molar-refractivity contribution in [2.45, 2.75) is 51.4 Å². The topological polar surface area (TPSA) is 38.5 Å². The van der Waals surface area contributed by atoms with E-state index in [1.54, 1.807) is 0 Å². The Morgan fingerprint density at radius 1 is 1.50 bits per heavy atom. The summed E-state index contributed by atoms with van der Waals surface area (Å²) in [5.74, 6) is 0. The quantitative estimate of drug-likeness (QED) is 0.725. The Bertz CT molecular complexity index is 163. The van der Waals surface area contributed by atoms with E-state index in [0.717, 1.165) is 19.5 Å². The van der Waals surface area contributed by atoms with E-state index < -0.39 is 0 Å². The molecule has 0 spiro atoms. The average Bonchev–Trinajstić information content (AvgIpc) is 2.51. The average molecular weight is 200 g/mol. The van der Waals surface area contributed by atoms with Crippen LogP contribution in [-0.4, -0.2) is 43.3 Å². The van der Waals surface area contributed by atoms with Crippen LogP contribution in [0.2, 0.25) is 0 Å². The summed E-state index contributed by atoms with van der Waals surface area (Å²) in [4.78, 5) is 2.36. The molecule has 14 heavy (non-hydrogen) atoms. The van der Waals surface area contributed by atoms with Crippen LogP contribution in [0.1, 0.15) is 33.1 Å². The summed E-state index contributed by atoms with van der Waals surface area (Å²) in [6, 6.07) is 0.569. The molecule has 3 atom stereocenters. The molecule has 0 saturated carbocycles. The minimum atomic E-state index is 0.440. The lowest BCUT2D eigenvalue weighted by atomic mass is 10.1. The largest absolute Gasteiger partial charge is 0.374 e. The molecule has 0 aromatic heterocycles. The molecule has 3 unspecified atom stereocenters. The van der Waals surface area contributed by atoms with Gasteiger partial charge >= 0.3 is 0 Å². The summed E-state index contributed by atoms with van der Waals surface area (Å²) >= 11 is 0. The molecule has 1 aliphatic rings. The monoisotopic (exact) mass is 200 g/mol. The third kappa shape index (κ3) is 3.56. The second-order valence-electron chi connectivity index (χ2n) is 4.51. The van der Waals surface area contributed by atoms with Crippen LogP contribution in [0, 0.1) is 0 Å². The maximum absolute atomic E-state index is 5.79. The highest BCUT2D eigenvalue weighted by Crippen LogP contribution is 2.20. The van der Waals surface area contributed by atoms with Crippen molar-refractivity contribution in [1.82, 2.24) is 4.90 Å². The number of likely N-dealkylation sites (N-methyl/N-ethyl adjacent to an activating group) is 1. The molecule has 3 nitrogen and oxygen atoms in total. The van der Waals surface area contributed by atoms with Gasteiger partial charge in [-0.05, 0) is 46.7 Å². The molecular weight excluding hydrogens is 176 g/mol. The fourth-order valence-corrected chi connectivity index (χ4v) is 1.98. The molecule has 2 N–H and O–H groups in total. The molecule has 0 aliphatic carbocycles. The van der Waals surface area contributed by atoms with Gasteiger partial charge in [0.05, 0.1) is 12.2 Å². The summed E-state index contributed by atoms with van der Waals surface area (Å²) in [5.41, 5.74) is 5.54. The third-order valence-electron chi connectivity index (χ3n) is 3.15. The molecule has 1 rings (SSSR count). The maximum atomic E-state index is 5.79. The van der Waals surface area contributed by atoms with Crippen LogP contribution in [0.5, 0.6) is 0 Å². The molecule has 1 heterocycles. The van der Waals surface area contributed by atoms with Gasteiger partial charge in [-0.3, -0.25) is 0 Å². The number of hydrogen-bond donors (Lipinski definition) is 1.